The van der Waals surface area contributed by atoms with Crippen LogP contribution in [0.4, 0.5) is 4.79 Å². The van der Waals surface area contributed by atoms with Gasteiger partial charge in [-0.25, -0.2) is 4.79 Å². The fraction of sp³-hybridized carbons (Fsp3) is 0.833. The molecule has 1 saturated heterocycles. The number of aliphatic carboxylic acids is 1. The predicted molar refractivity (Wildman–Crippen MR) is 64.8 cm³/mol. The van der Waals surface area contributed by atoms with Crippen LogP contribution in [-0.2, 0) is 4.79 Å². The monoisotopic (exact) mass is 242 g/mol. The Balaban J connectivity index is 2.14. The lowest BCUT2D eigenvalue weighted by atomic mass is 10.1. The van der Waals surface area contributed by atoms with E-state index in [0.717, 1.165) is 19.4 Å². The molecule has 0 radical (unpaired) electrons. The van der Waals surface area contributed by atoms with Gasteiger partial charge in [-0.15, -0.1) is 0 Å². The van der Waals surface area contributed by atoms with Crippen molar-refractivity contribution in [3.05, 3.63) is 0 Å². The number of carboxylic acids is 1. The molecule has 2 amide bonds. The second-order valence-corrected chi connectivity index (χ2v) is 4.80. The van der Waals surface area contributed by atoms with Gasteiger partial charge in [-0.2, -0.15) is 0 Å². The number of carboxylic acid groups (broad SMARTS) is 1. The van der Waals surface area contributed by atoms with E-state index in [1.54, 1.807) is 6.92 Å². The van der Waals surface area contributed by atoms with Gasteiger partial charge in [0.15, 0.2) is 0 Å². The molecular weight excluding hydrogens is 220 g/mol. The summed E-state index contributed by atoms with van der Waals surface area (Å²) in [5.74, 6) is -1.11. The van der Waals surface area contributed by atoms with E-state index >= 15 is 0 Å². The van der Waals surface area contributed by atoms with Gasteiger partial charge >= 0.3 is 12.0 Å². The van der Waals surface area contributed by atoms with Crippen LogP contribution >= 0.6 is 0 Å². The maximum atomic E-state index is 11.7. The fourth-order valence-corrected chi connectivity index (χ4v) is 2.06. The Morgan fingerprint density at radius 3 is 2.76 bits per heavy atom. The summed E-state index contributed by atoms with van der Waals surface area (Å²) in [6.07, 6.45) is 3.46. The zero-order valence-electron chi connectivity index (χ0n) is 10.6. The standard InChI is InChI=1S/C12H22N2O3/c1-9(11(15)16)5-3-7-13-12(17)14-8-4-6-10(14)2/h9-10H,3-8H2,1-2H3,(H,13,17)(H,15,16). The second-order valence-electron chi connectivity index (χ2n) is 4.80. The molecular formula is C12H22N2O3. The van der Waals surface area contributed by atoms with Crippen LogP contribution in [0.15, 0.2) is 0 Å². The van der Waals surface area contributed by atoms with Crippen molar-refractivity contribution in [3.63, 3.8) is 0 Å². The number of carbonyl (C=O) groups excluding carboxylic acids is 1. The average molecular weight is 242 g/mol. The molecule has 0 aliphatic carbocycles. The van der Waals surface area contributed by atoms with E-state index in [-0.39, 0.29) is 11.9 Å². The van der Waals surface area contributed by atoms with Gasteiger partial charge in [0.2, 0.25) is 0 Å². The summed E-state index contributed by atoms with van der Waals surface area (Å²) in [5.41, 5.74) is 0. The van der Waals surface area contributed by atoms with Gasteiger partial charge in [0.1, 0.15) is 0 Å². The molecule has 1 aliphatic rings. The van der Waals surface area contributed by atoms with Crippen LogP contribution < -0.4 is 5.32 Å². The van der Waals surface area contributed by atoms with Crippen molar-refractivity contribution in [1.29, 1.82) is 0 Å². The Kier molecular flexibility index (Phi) is 5.25. The zero-order valence-corrected chi connectivity index (χ0v) is 10.6. The highest BCUT2D eigenvalue weighted by Gasteiger charge is 2.24. The van der Waals surface area contributed by atoms with E-state index in [0.29, 0.717) is 25.4 Å². The third-order valence-electron chi connectivity index (χ3n) is 3.33. The number of hydrogen-bond donors (Lipinski definition) is 2. The first-order chi connectivity index (χ1) is 8.02. The lowest BCUT2D eigenvalue weighted by molar-refractivity contribution is -0.141. The SMILES string of the molecule is CC(CCCNC(=O)N1CCCC1C)C(=O)O. The summed E-state index contributed by atoms with van der Waals surface area (Å²) in [6.45, 7) is 5.13. The lowest BCUT2D eigenvalue weighted by Gasteiger charge is -2.21. The van der Waals surface area contributed by atoms with E-state index in [4.69, 9.17) is 5.11 Å². The molecule has 0 saturated carbocycles. The lowest BCUT2D eigenvalue weighted by Crippen LogP contribution is -2.42. The first kappa shape index (κ1) is 13.8. The number of rotatable bonds is 5. The van der Waals surface area contributed by atoms with Gasteiger partial charge in [-0.05, 0) is 32.6 Å². The normalized spacial score (nSPS) is 21.3. The molecule has 2 N–H and O–H groups in total. The summed E-state index contributed by atoms with van der Waals surface area (Å²) in [4.78, 5) is 24.2. The minimum Gasteiger partial charge on any atom is -0.481 e. The minimum absolute atomic E-state index is 0.0158. The third-order valence-corrected chi connectivity index (χ3v) is 3.33. The van der Waals surface area contributed by atoms with Crippen LogP contribution in [0, 0.1) is 5.92 Å². The van der Waals surface area contributed by atoms with Crippen LogP contribution in [0.1, 0.15) is 39.5 Å². The van der Waals surface area contributed by atoms with E-state index < -0.39 is 5.97 Å². The Hall–Kier alpha value is -1.26. The van der Waals surface area contributed by atoms with Gasteiger partial charge in [0, 0.05) is 19.1 Å². The summed E-state index contributed by atoms with van der Waals surface area (Å²) >= 11 is 0. The Morgan fingerprint density at radius 1 is 1.53 bits per heavy atom. The molecule has 1 heterocycles. The molecule has 0 aromatic carbocycles. The largest absolute Gasteiger partial charge is 0.481 e. The van der Waals surface area contributed by atoms with Gasteiger partial charge < -0.3 is 15.3 Å². The fourth-order valence-electron chi connectivity index (χ4n) is 2.06. The smallest absolute Gasteiger partial charge is 0.317 e. The number of likely N-dealkylation sites (tertiary alicyclic amines) is 1. The molecule has 0 spiro atoms. The third kappa shape index (κ3) is 4.24. The van der Waals surface area contributed by atoms with E-state index in [9.17, 15) is 9.59 Å². The zero-order chi connectivity index (χ0) is 12.8. The summed E-state index contributed by atoms with van der Waals surface area (Å²) in [6, 6.07) is 0.311. The van der Waals surface area contributed by atoms with Gasteiger partial charge in [-0.1, -0.05) is 6.92 Å². The molecule has 0 bridgehead atoms. The number of amides is 2. The highest BCUT2D eigenvalue weighted by Crippen LogP contribution is 2.16. The van der Waals surface area contributed by atoms with Gasteiger partial charge in [0.25, 0.3) is 0 Å². The van der Waals surface area contributed by atoms with Gasteiger partial charge in [-0.3, -0.25) is 4.79 Å². The van der Waals surface area contributed by atoms with Crippen molar-refractivity contribution in [3.8, 4) is 0 Å². The van der Waals surface area contributed by atoms with Crippen LogP contribution in [0.25, 0.3) is 0 Å². The molecule has 1 rings (SSSR count). The Bertz CT molecular complexity index is 281. The molecule has 5 heteroatoms. The predicted octanol–water partition coefficient (Wildman–Crippen LogP) is 1.68. The first-order valence-corrected chi connectivity index (χ1v) is 6.29. The summed E-state index contributed by atoms with van der Waals surface area (Å²) in [7, 11) is 0. The van der Waals surface area contributed by atoms with Gasteiger partial charge in [0.05, 0.1) is 5.92 Å². The molecule has 2 unspecified atom stereocenters. The molecule has 1 fully saturated rings. The first-order valence-electron chi connectivity index (χ1n) is 6.29. The molecule has 0 aromatic heterocycles. The maximum Gasteiger partial charge on any atom is 0.317 e. The molecule has 98 valence electrons. The quantitative estimate of drug-likeness (QED) is 0.721. The second kappa shape index (κ2) is 6.47. The molecule has 1 aliphatic heterocycles. The highest BCUT2D eigenvalue weighted by atomic mass is 16.4. The van der Waals surface area contributed by atoms with Crippen LogP contribution in [0.2, 0.25) is 0 Å². The van der Waals surface area contributed by atoms with Crippen molar-refractivity contribution >= 4 is 12.0 Å². The van der Waals surface area contributed by atoms with E-state index in [2.05, 4.69) is 12.2 Å². The molecule has 17 heavy (non-hydrogen) atoms. The van der Waals surface area contributed by atoms with E-state index in [1.165, 1.54) is 0 Å². The molecule has 5 nitrogen and oxygen atoms in total. The molecule has 0 aromatic rings. The number of hydrogen-bond acceptors (Lipinski definition) is 2. The number of urea groups is 1. The van der Waals surface area contributed by atoms with Crippen molar-refractivity contribution in [1.82, 2.24) is 10.2 Å². The van der Waals surface area contributed by atoms with Crippen LogP contribution in [0.3, 0.4) is 0 Å². The minimum atomic E-state index is -0.774. The molecule has 2 atom stereocenters. The Morgan fingerprint density at radius 2 is 2.24 bits per heavy atom. The van der Waals surface area contributed by atoms with Crippen molar-refractivity contribution in [2.24, 2.45) is 5.92 Å². The van der Waals surface area contributed by atoms with Crippen molar-refractivity contribution in [2.45, 2.75) is 45.6 Å². The maximum absolute atomic E-state index is 11.7. The Labute approximate surface area is 102 Å². The topological polar surface area (TPSA) is 69.6 Å². The number of nitrogens with one attached hydrogen (secondary N) is 1. The summed E-state index contributed by atoms with van der Waals surface area (Å²) < 4.78 is 0. The average Bonchev–Trinajstić information content (AvgIpc) is 2.70. The summed E-state index contributed by atoms with van der Waals surface area (Å²) in [5, 5.41) is 11.5. The number of nitrogens with zero attached hydrogens (tertiary/aromatic N) is 1. The van der Waals surface area contributed by atoms with Crippen molar-refractivity contribution in [2.75, 3.05) is 13.1 Å². The van der Waals surface area contributed by atoms with Crippen molar-refractivity contribution < 1.29 is 14.7 Å². The van der Waals surface area contributed by atoms with Crippen LogP contribution in [-0.4, -0.2) is 41.1 Å². The highest BCUT2D eigenvalue weighted by molar-refractivity contribution is 5.74. The van der Waals surface area contributed by atoms with Crippen LogP contribution in [0.5, 0.6) is 0 Å². The van der Waals surface area contributed by atoms with E-state index in [1.807, 2.05) is 4.90 Å². The number of carbonyl (C=O) groups is 2.